The Kier molecular flexibility index (Phi) is 5.86. The fraction of sp³-hybridized carbons (Fsp3) is 0.182. The van der Waals surface area contributed by atoms with Gasteiger partial charge in [0.15, 0.2) is 0 Å². The fourth-order valence-electron chi connectivity index (χ4n) is 3.16. The third-order valence-corrected chi connectivity index (χ3v) is 4.81. The number of hydrogen-bond donors (Lipinski definition) is 1. The molecule has 0 saturated carbocycles. The van der Waals surface area contributed by atoms with Gasteiger partial charge in [-0.1, -0.05) is 6.07 Å². The molecule has 1 unspecified atom stereocenters. The molecule has 168 valence electrons. The van der Waals surface area contributed by atoms with Crippen LogP contribution >= 0.6 is 0 Å². The van der Waals surface area contributed by atoms with Crippen molar-refractivity contribution in [3.63, 3.8) is 0 Å². The van der Waals surface area contributed by atoms with Gasteiger partial charge < -0.3 is 5.32 Å². The van der Waals surface area contributed by atoms with Crippen LogP contribution in [0.15, 0.2) is 61.4 Å². The summed E-state index contributed by atoms with van der Waals surface area (Å²) in [4.78, 5) is 28.8. The Balaban J connectivity index is 1.77. The topological polar surface area (TPSA) is 98.5 Å². The summed E-state index contributed by atoms with van der Waals surface area (Å²) in [6, 6.07) is 7.42. The molecule has 0 aliphatic heterocycles. The number of carbonyl (C=O) groups excluding carboxylic acids is 1. The summed E-state index contributed by atoms with van der Waals surface area (Å²) in [7, 11) is 0. The summed E-state index contributed by atoms with van der Waals surface area (Å²) in [5.41, 5.74) is 2.56. The minimum atomic E-state index is -4.72. The quantitative estimate of drug-likeness (QED) is 0.492. The van der Waals surface area contributed by atoms with E-state index in [1.807, 2.05) is 13.0 Å². The third kappa shape index (κ3) is 4.86. The van der Waals surface area contributed by atoms with Crippen LogP contribution in [0, 0.1) is 6.92 Å². The Bertz CT molecular complexity index is 1270. The van der Waals surface area contributed by atoms with Crippen LogP contribution in [0.3, 0.4) is 0 Å². The van der Waals surface area contributed by atoms with Crippen LogP contribution in [-0.4, -0.2) is 35.6 Å². The van der Waals surface area contributed by atoms with Crippen LogP contribution in [0.2, 0.25) is 0 Å². The first kappa shape index (κ1) is 22.1. The first-order chi connectivity index (χ1) is 15.7. The number of nitrogens with zero attached hydrogens (tertiary/aromatic N) is 6. The number of nitrogens with one attached hydrogen (secondary N) is 1. The van der Waals surface area contributed by atoms with Crippen molar-refractivity contribution in [2.75, 3.05) is 0 Å². The number of aromatic nitrogens is 6. The zero-order chi connectivity index (χ0) is 23.6. The van der Waals surface area contributed by atoms with Gasteiger partial charge in [0, 0.05) is 29.7 Å². The van der Waals surface area contributed by atoms with Crippen LogP contribution in [0.1, 0.15) is 40.4 Å². The highest BCUT2D eigenvalue weighted by atomic mass is 19.4. The molecular weight excluding hydrogens is 435 g/mol. The van der Waals surface area contributed by atoms with Crippen LogP contribution in [0.25, 0.3) is 16.9 Å². The van der Waals surface area contributed by atoms with Gasteiger partial charge in [-0.2, -0.15) is 18.3 Å². The highest BCUT2D eigenvalue weighted by Gasteiger charge is 2.37. The molecule has 8 nitrogen and oxygen atoms in total. The van der Waals surface area contributed by atoms with Crippen molar-refractivity contribution < 1.29 is 18.0 Å². The zero-order valence-corrected chi connectivity index (χ0v) is 17.6. The lowest BCUT2D eigenvalue weighted by molar-refractivity contribution is -0.146. The highest BCUT2D eigenvalue weighted by Crippen LogP contribution is 2.30. The molecule has 0 spiro atoms. The Morgan fingerprint density at radius 3 is 2.55 bits per heavy atom. The van der Waals surface area contributed by atoms with Crippen molar-refractivity contribution in [2.45, 2.75) is 26.1 Å². The maximum absolute atomic E-state index is 13.4. The fourth-order valence-corrected chi connectivity index (χ4v) is 3.16. The minimum absolute atomic E-state index is 0.0250. The smallest absolute Gasteiger partial charge is 0.344 e. The zero-order valence-electron chi connectivity index (χ0n) is 17.6. The summed E-state index contributed by atoms with van der Waals surface area (Å²) < 4.78 is 40.9. The SMILES string of the molecule is Cc1ccc(-c2cc(C(=O)NC(C)c3cnccn3)cc(-n3ncnc3C(F)(F)F)c2)nc1. The van der Waals surface area contributed by atoms with E-state index in [4.69, 9.17) is 0 Å². The number of aryl methyl sites for hydroxylation is 1. The second-order valence-electron chi connectivity index (χ2n) is 7.31. The van der Waals surface area contributed by atoms with E-state index in [2.05, 4.69) is 30.4 Å². The van der Waals surface area contributed by atoms with E-state index in [-0.39, 0.29) is 11.3 Å². The van der Waals surface area contributed by atoms with Gasteiger partial charge in [0.1, 0.15) is 6.33 Å². The molecule has 0 saturated heterocycles. The number of rotatable bonds is 5. The number of amides is 1. The first-order valence-corrected chi connectivity index (χ1v) is 9.85. The second-order valence-corrected chi connectivity index (χ2v) is 7.31. The Labute approximate surface area is 186 Å². The summed E-state index contributed by atoms with van der Waals surface area (Å²) in [5, 5.41) is 6.51. The molecule has 1 atom stereocenters. The van der Waals surface area contributed by atoms with E-state index in [0.717, 1.165) is 11.9 Å². The van der Waals surface area contributed by atoms with Crippen LogP contribution in [0.4, 0.5) is 13.2 Å². The summed E-state index contributed by atoms with van der Waals surface area (Å²) in [5.74, 6) is -1.70. The maximum Gasteiger partial charge on any atom is 0.451 e. The van der Waals surface area contributed by atoms with Crippen molar-refractivity contribution in [1.82, 2.24) is 35.0 Å². The van der Waals surface area contributed by atoms with Crippen molar-refractivity contribution >= 4 is 5.91 Å². The summed E-state index contributed by atoms with van der Waals surface area (Å²) in [6.07, 6.45) is 2.26. The number of benzene rings is 1. The van der Waals surface area contributed by atoms with E-state index < -0.39 is 23.9 Å². The van der Waals surface area contributed by atoms with E-state index in [9.17, 15) is 18.0 Å². The molecule has 0 fully saturated rings. The van der Waals surface area contributed by atoms with E-state index in [1.54, 1.807) is 25.3 Å². The van der Waals surface area contributed by atoms with Crippen LogP contribution in [-0.2, 0) is 6.18 Å². The van der Waals surface area contributed by atoms with Gasteiger partial charge in [-0.05, 0) is 43.7 Å². The van der Waals surface area contributed by atoms with Crippen molar-refractivity contribution in [3.8, 4) is 16.9 Å². The second kappa shape index (κ2) is 8.77. The number of carbonyl (C=O) groups is 1. The molecule has 0 bridgehead atoms. The lowest BCUT2D eigenvalue weighted by Gasteiger charge is -2.15. The van der Waals surface area contributed by atoms with Crippen molar-refractivity contribution in [2.24, 2.45) is 0 Å². The van der Waals surface area contributed by atoms with Gasteiger partial charge in [0.2, 0.25) is 5.82 Å². The van der Waals surface area contributed by atoms with Crippen LogP contribution in [0.5, 0.6) is 0 Å². The number of pyridine rings is 1. The van der Waals surface area contributed by atoms with Gasteiger partial charge in [-0.15, -0.1) is 0 Å². The normalized spacial score (nSPS) is 12.4. The average Bonchev–Trinajstić information content (AvgIpc) is 3.31. The predicted octanol–water partition coefficient (Wildman–Crippen LogP) is 3.94. The summed E-state index contributed by atoms with van der Waals surface area (Å²) in [6.45, 7) is 3.60. The molecule has 1 N–H and O–H groups in total. The maximum atomic E-state index is 13.4. The monoisotopic (exact) mass is 453 g/mol. The van der Waals surface area contributed by atoms with Gasteiger partial charge in [-0.25, -0.2) is 9.67 Å². The van der Waals surface area contributed by atoms with Gasteiger partial charge in [0.25, 0.3) is 5.91 Å². The molecule has 1 amide bonds. The molecule has 0 aliphatic carbocycles. The largest absolute Gasteiger partial charge is 0.451 e. The van der Waals surface area contributed by atoms with Gasteiger partial charge in [0.05, 0.1) is 29.3 Å². The molecule has 4 rings (SSSR count). The Hall–Kier alpha value is -4.15. The number of halogens is 3. The Morgan fingerprint density at radius 2 is 1.88 bits per heavy atom. The van der Waals surface area contributed by atoms with E-state index in [1.165, 1.54) is 30.7 Å². The lowest BCUT2D eigenvalue weighted by atomic mass is 10.0. The van der Waals surface area contributed by atoms with E-state index in [0.29, 0.717) is 21.6 Å². The Morgan fingerprint density at radius 1 is 1.06 bits per heavy atom. The summed E-state index contributed by atoms with van der Waals surface area (Å²) >= 11 is 0. The molecule has 33 heavy (non-hydrogen) atoms. The van der Waals surface area contributed by atoms with Gasteiger partial charge in [-0.3, -0.25) is 19.7 Å². The molecule has 0 aliphatic rings. The van der Waals surface area contributed by atoms with Gasteiger partial charge >= 0.3 is 6.18 Å². The minimum Gasteiger partial charge on any atom is -0.344 e. The number of hydrogen-bond acceptors (Lipinski definition) is 6. The predicted molar refractivity (Wildman–Crippen MR) is 112 cm³/mol. The lowest BCUT2D eigenvalue weighted by Crippen LogP contribution is -2.27. The molecule has 0 radical (unpaired) electrons. The number of alkyl halides is 3. The van der Waals surface area contributed by atoms with E-state index >= 15 is 0 Å². The average molecular weight is 453 g/mol. The highest BCUT2D eigenvalue weighted by molar-refractivity contribution is 5.96. The molecular formula is C22H18F3N7O. The van der Waals surface area contributed by atoms with Crippen molar-refractivity contribution in [3.05, 3.63) is 84.1 Å². The molecule has 4 aromatic rings. The molecule has 11 heteroatoms. The molecule has 1 aromatic carbocycles. The van der Waals surface area contributed by atoms with Crippen LogP contribution < -0.4 is 5.32 Å². The standard InChI is InChI=1S/C22H18F3N7O/c1-13-3-4-18(28-10-13)15-7-16(20(33)31-14(2)19-11-26-5-6-27-19)9-17(8-15)32-21(22(23,24)25)29-12-30-32/h3-12,14H,1-2H3,(H,31,33). The molecule has 3 aromatic heterocycles. The first-order valence-electron chi connectivity index (χ1n) is 9.85. The third-order valence-electron chi connectivity index (χ3n) is 4.81. The van der Waals surface area contributed by atoms with Crippen molar-refractivity contribution in [1.29, 1.82) is 0 Å². The molecule has 3 heterocycles.